The van der Waals surface area contributed by atoms with Gasteiger partial charge in [-0.2, -0.15) is 10.5 Å². The van der Waals surface area contributed by atoms with Crippen LogP contribution in [0.15, 0.2) is 80.8 Å². The Morgan fingerprint density at radius 1 is 0.667 bits per heavy atom. The predicted octanol–water partition coefficient (Wildman–Crippen LogP) is 4.52. The minimum Gasteiger partial charge on any atom is -0.265 e. The van der Waals surface area contributed by atoms with Gasteiger partial charge >= 0.3 is 0 Å². The third-order valence-electron chi connectivity index (χ3n) is 3.08. The van der Waals surface area contributed by atoms with Gasteiger partial charge in [-0.3, -0.25) is 9.97 Å². The molecule has 0 bridgehead atoms. The zero-order valence-electron chi connectivity index (χ0n) is 12.4. The Labute approximate surface area is 148 Å². The van der Waals surface area contributed by atoms with E-state index in [1.807, 2.05) is 24.3 Å². The first-order valence-corrected chi connectivity index (χ1v) is 8.57. The second-order valence-electron chi connectivity index (χ2n) is 4.64. The molecule has 0 atom stereocenters. The lowest BCUT2D eigenvalue weighted by Crippen LogP contribution is -1.89. The van der Waals surface area contributed by atoms with Crippen molar-refractivity contribution in [2.24, 2.45) is 0 Å². The number of pyridine rings is 2. The van der Waals surface area contributed by atoms with Gasteiger partial charge in [-0.1, -0.05) is 23.5 Å². The van der Waals surface area contributed by atoms with Crippen LogP contribution in [0.25, 0.3) is 0 Å². The molecule has 6 heteroatoms. The van der Waals surface area contributed by atoms with Gasteiger partial charge in [0.1, 0.15) is 12.1 Å². The minimum absolute atomic E-state index is 0.383. The fraction of sp³-hybridized carbons (Fsp3) is 0. The van der Waals surface area contributed by atoms with Gasteiger partial charge in [-0.25, -0.2) is 0 Å². The highest BCUT2D eigenvalue weighted by Crippen LogP contribution is 2.40. The zero-order valence-corrected chi connectivity index (χ0v) is 14.0. The molecule has 114 valence electrons. The SMILES string of the molecule is N#Cc1cc(Sc2ccncc2)c(Sc2ccncc2)cc1C#N. The standard InChI is InChI=1S/C18H10N4S2/c19-11-13-9-17(23-15-1-5-21-6-2-15)18(10-14(13)12-20)24-16-3-7-22-8-4-16/h1-10H. The topological polar surface area (TPSA) is 73.4 Å². The Balaban J connectivity index is 2.04. The largest absolute Gasteiger partial charge is 0.265 e. The van der Waals surface area contributed by atoms with Crippen molar-refractivity contribution >= 4 is 23.5 Å². The summed E-state index contributed by atoms with van der Waals surface area (Å²) in [6, 6.07) is 15.4. The first-order valence-electron chi connectivity index (χ1n) is 6.94. The summed E-state index contributed by atoms with van der Waals surface area (Å²) in [4.78, 5) is 11.9. The summed E-state index contributed by atoms with van der Waals surface area (Å²) in [5.74, 6) is 0. The molecule has 0 spiro atoms. The van der Waals surface area contributed by atoms with Crippen molar-refractivity contribution < 1.29 is 0 Å². The van der Waals surface area contributed by atoms with E-state index in [9.17, 15) is 10.5 Å². The summed E-state index contributed by atoms with van der Waals surface area (Å²) in [6.45, 7) is 0. The van der Waals surface area contributed by atoms with E-state index < -0.39 is 0 Å². The molecule has 3 aromatic rings. The molecule has 0 aliphatic rings. The monoisotopic (exact) mass is 346 g/mol. The van der Waals surface area contributed by atoms with Crippen molar-refractivity contribution in [1.82, 2.24) is 9.97 Å². The van der Waals surface area contributed by atoms with Crippen LogP contribution in [0.2, 0.25) is 0 Å². The number of nitriles is 2. The Morgan fingerprint density at radius 2 is 1.04 bits per heavy atom. The third kappa shape index (κ3) is 3.75. The molecule has 24 heavy (non-hydrogen) atoms. The van der Waals surface area contributed by atoms with Crippen LogP contribution in [0, 0.1) is 22.7 Å². The van der Waals surface area contributed by atoms with E-state index in [4.69, 9.17) is 0 Å². The Morgan fingerprint density at radius 3 is 1.38 bits per heavy atom. The van der Waals surface area contributed by atoms with Gasteiger partial charge in [0.2, 0.25) is 0 Å². The second-order valence-corrected chi connectivity index (χ2v) is 6.87. The highest BCUT2D eigenvalue weighted by atomic mass is 32.2. The van der Waals surface area contributed by atoms with Crippen LogP contribution in [0.5, 0.6) is 0 Å². The third-order valence-corrected chi connectivity index (χ3v) is 5.34. The lowest BCUT2D eigenvalue weighted by atomic mass is 10.1. The number of nitrogens with zero attached hydrogens (tertiary/aromatic N) is 4. The van der Waals surface area contributed by atoms with E-state index in [-0.39, 0.29) is 0 Å². The fourth-order valence-corrected chi connectivity index (χ4v) is 3.92. The van der Waals surface area contributed by atoms with E-state index in [1.165, 1.54) is 0 Å². The van der Waals surface area contributed by atoms with Gasteiger partial charge < -0.3 is 0 Å². The summed E-state index contributed by atoms with van der Waals surface area (Å²) in [5.41, 5.74) is 0.765. The molecule has 0 saturated heterocycles. The van der Waals surface area contributed by atoms with Crippen LogP contribution in [0.3, 0.4) is 0 Å². The Bertz CT molecular complexity index is 850. The van der Waals surface area contributed by atoms with Gasteiger partial charge in [-0.15, -0.1) is 0 Å². The molecule has 2 heterocycles. The van der Waals surface area contributed by atoms with E-state index in [2.05, 4.69) is 22.1 Å². The summed E-state index contributed by atoms with van der Waals surface area (Å²) in [5, 5.41) is 18.6. The van der Waals surface area contributed by atoms with Crippen molar-refractivity contribution in [3.05, 3.63) is 72.3 Å². The highest BCUT2D eigenvalue weighted by Gasteiger charge is 2.12. The van der Waals surface area contributed by atoms with Crippen molar-refractivity contribution in [1.29, 1.82) is 10.5 Å². The van der Waals surface area contributed by atoms with Crippen molar-refractivity contribution in [3.8, 4) is 12.1 Å². The molecular weight excluding hydrogens is 336 g/mol. The smallest absolute Gasteiger partial charge is 0.101 e. The fourth-order valence-electron chi connectivity index (χ4n) is 1.97. The summed E-state index contributed by atoms with van der Waals surface area (Å²) < 4.78 is 0. The molecular formula is C18H10N4S2. The van der Waals surface area contributed by atoms with E-state index in [0.29, 0.717) is 11.1 Å². The predicted molar refractivity (Wildman–Crippen MR) is 92.6 cm³/mol. The van der Waals surface area contributed by atoms with E-state index in [1.54, 1.807) is 60.4 Å². The van der Waals surface area contributed by atoms with Crippen molar-refractivity contribution in [2.75, 3.05) is 0 Å². The summed E-state index contributed by atoms with van der Waals surface area (Å²) in [6.07, 6.45) is 6.92. The zero-order chi connectivity index (χ0) is 16.8. The molecule has 0 unspecified atom stereocenters. The van der Waals surface area contributed by atoms with Gasteiger partial charge in [0, 0.05) is 44.4 Å². The minimum atomic E-state index is 0.383. The molecule has 0 aliphatic carbocycles. The quantitative estimate of drug-likeness (QED) is 0.691. The van der Waals surface area contributed by atoms with E-state index >= 15 is 0 Å². The van der Waals surface area contributed by atoms with Crippen LogP contribution in [-0.4, -0.2) is 9.97 Å². The molecule has 0 amide bonds. The summed E-state index contributed by atoms with van der Waals surface area (Å²) in [7, 11) is 0. The van der Waals surface area contributed by atoms with Crippen LogP contribution >= 0.6 is 23.5 Å². The number of aromatic nitrogens is 2. The summed E-state index contributed by atoms with van der Waals surface area (Å²) >= 11 is 3.09. The van der Waals surface area contributed by atoms with Gasteiger partial charge in [0.25, 0.3) is 0 Å². The molecule has 4 nitrogen and oxygen atoms in total. The van der Waals surface area contributed by atoms with Gasteiger partial charge in [-0.05, 0) is 36.4 Å². The molecule has 0 saturated carbocycles. The highest BCUT2D eigenvalue weighted by molar-refractivity contribution is 8.02. The molecule has 0 N–H and O–H groups in total. The normalized spacial score (nSPS) is 9.92. The molecule has 0 aliphatic heterocycles. The number of hydrogen-bond donors (Lipinski definition) is 0. The Kier molecular flexibility index (Phi) is 5.12. The maximum Gasteiger partial charge on any atom is 0.101 e. The second kappa shape index (κ2) is 7.65. The molecule has 2 aromatic heterocycles. The average Bonchev–Trinajstić information content (AvgIpc) is 2.64. The Hall–Kier alpha value is -2.80. The van der Waals surface area contributed by atoms with Crippen molar-refractivity contribution in [3.63, 3.8) is 0 Å². The van der Waals surface area contributed by atoms with Gasteiger partial charge in [0.05, 0.1) is 11.1 Å². The first kappa shape index (κ1) is 16.1. The molecule has 0 radical (unpaired) electrons. The van der Waals surface area contributed by atoms with Gasteiger partial charge in [0.15, 0.2) is 0 Å². The van der Waals surface area contributed by atoms with Crippen LogP contribution in [-0.2, 0) is 0 Å². The van der Waals surface area contributed by atoms with E-state index in [0.717, 1.165) is 19.6 Å². The lowest BCUT2D eigenvalue weighted by Gasteiger charge is -2.10. The maximum atomic E-state index is 9.29. The number of hydrogen-bond acceptors (Lipinski definition) is 6. The van der Waals surface area contributed by atoms with Crippen LogP contribution in [0.4, 0.5) is 0 Å². The lowest BCUT2D eigenvalue weighted by molar-refractivity contribution is 1.19. The van der Waals surface area contributed by atoms with Crippen molar-refractivity contribution in [2.45, 2.75) is 19.6 Å². The maximum absolute atomic E-state index is 9.29. The average molecular weight is 346 g/mol. The number of rotatable bonds is 4. The molecule has 1 aromatic carbocycles. The number of benzene rings is 1. The molecule has 3 rings (SSSR count). The van der Waals surface area contributed by atoms with Crippen LogP contribution < -0.4 is 0 Å². The first-order chi connectivity index (χ1) is 11.8. The molecule has 0 fully saturated rings. The van der Waals surface area contributed by atoms with Crippen LogP contribution in [0.1, 0.15) is 11.1 Å².